The van der Waals surface area contributed by atoms with Crippen molar-refractivity contribution in [3.05, 3.63) is 24.0 Å². The van der Waals surface area contributed by atoms with E-state index in [2.05, 4.69) is 11.9 Å². The average Bonchev–Trinajstić information content (AvgIpc) is 3.53. The third-order valence-electron chi connectivity index (χ3n) is 5.53. The lowest BCUT2D eigenvalue weighted by Gasteiger charge is -2.55. The summed E-state index contributed by atoms with van der Waals surface area (Å²) in [6.45, 7) is 3.14. The molecule has 156 valence electrons. The summed E-state index contributed by atoms with van der Waals surface area (Å²) in [5.41, 5.74) is -0.184. The second-order valence-electron chi connectivity index (χ2n) is 7.68. The van der Waals surface area contributed by atoms with Gasteiger partial charge in [-0.15, -0.1) is 0 Å². The van der Waals surface area contributed by atoms with Gasteiger partial charge in [0, 0.05) is 38.6 Å². The second kappa shape index (κ2) is 9.67. The lowest BCUT2D eigenvalue weighted by atomic mass is 9.76. The van der Waals surface area contributed by atoms with E-state index in [1.165, 1.54) is 12.8 Å². The van der Waals surface area contributed by atoms with Gasteiger partial charge in [-0.3, -0.25) is 9.78 Å². The predicted octanol–water partition coefficient (Wildman–Crippen LogP) is 2.78. The molecule has 0 bridgehead atoms. The Bertz CT molecular complexity index is 651. The second-order valence-corrected chi connectivity index (χ2v) is 7.68. The molecular formula is C21H32N2O5. The van der Waals surface area contributed by atoms with Gasteiger partial charge in [0.2, 0.25) is 0 Å². The molecule has 0 aromatic carbocycles. The highest BCUT2D eigenvalue weighted by Gasteiger charge is 2.61. The Balaban J connectivity index is 1.73. The minimum atomic E-state index is -0.968. The average molecular weight is 392 g/mol. The van der Waals surface area contributed by atoms with Crippen LogP contribution in [0.3, 0.4) is 0 Å². The zero-order chi connectivity index (χ0) is 20.0. The summed E-state index contributed by atoms with van der Waals surface area (Å²) < 4.78 is 22.2. The number of likely N-dealkylation sites (tertiary alicyclic amines) is 1. The Morgan fingerprint density at radius 2 is 2.07 bits per heavy atom. The van der Waals surface area contributed by atoms with Crippen LogP contribution in [0.1, 0.15) is 44.7 Å². The fourth-order valence-electron chi connectivity index (χ4n) is 3.89. The molecule has 2 heterocycles. The van der Waals surface area contributed by atoms with Gasteiger partial charge in [-0.2, -0.15) is 0 Å². The van der Waals surface area contributed by atoms with Gasteiger partial charge >= 0.3 is 0 Å². The Labute approximate surface area is 167 Å². The monoisotopic (exact) mass is 392 g/mol. The Morgan fingerprint density at radius 3 is 2.75 bits per heavy atom. The third kappa shape index (κ3) is 4.64. The number of carbonyl (C=O) groups excluding carboxylic acids is 1. The van der Waals surface area contributed by atoms with Gasteiger partial charge in [-0.05, 0) is 24.8 Å². The number of carbonyl (C=O) groups is 1. The Kier molecular flexibility index (Phi) is 7.26. The number of aromatic nitrogens is 1. The van der Waals surface area contributed by atoms with Crippen LogP contribution in [0.25, 0.3) is 0 Å². The van der Waals surface area contributed by atoms with E-state index in [0.717, 1.165) is 43.2 Å². The van der Waals surface area contributed by atoms with Crippen LogP contribution in [0.5, 0.6) is 5.75 Å². The molecule has 1 amide bonds. The van der Waals surface area contributed by atoms with Crippen LogP contribution in [0.2, 0.25) is 0 Å². The normalized spacial score (nSPS) is 24.3. The SMILES string of the molecule is CCC[C@@H]1N(COC)C(=O)[C@]1(Cc1cc(OCCC2CC2)ccn1)OCOC. The number of methoxy groups -OCH3 is 2. The van der Waals surface area contributed by atoms with Crippen molar-refractivity contribution in [3.8, 4) is 5.75 Å². The van der Waals surface area contributed by atoms with E-state index in [9.17, 15) is 4.79 Å². The van der Waals surface area contributed by atoms with Crippen LogP contribution in [0, 0.1) is 5.92 Å². The number of pyridine rings is 1. The van der Waals surface area contributed by atoms with Crippen LogP contribution >= 0.6 is 0 Å². The first-order valence-corrected chi connectivity index (χ1v) is 10.1. The molecule has 2 fully saturated rings. The maximum absolute atomic E-state index is 13.0. The van der Waals surface area contributed by atoms with Crippen LogP contribution in [-0.4, -0.2) is 61.8 Å². The first-order valence-electron chi connectivity index (χ1n) is 10.1. The number of hydrogen-bond donors (Lipinski definition) is 0. The molecule has 1 aromatic heterocycles. The molecule has 1 saturated heterocycles. The summed E-state index contributed by atoms with van der Waals surface area (Å²) in [7, 11) is 3.15. The molecule has 0 radical (unpaired) electrons. The zero-order valence-corrected chi connectivity index (χ0v) is 17.2. The van der Waals surface area contributed by atoms with Crippen molar-refractivity contribution in [1.29, 1.82) is 0 Å². The first kappa shape index (κ1) is 21.0. The summed E-state index contributed by atoms with van der Waals surface area (Å²) in [6, 6.07) is 3.71. The quantitative estimate of drug-likeness (QED) is 0.380. The molecule has 1 saturated carbocycles. The number of ether oxygens (including phenoxy) is 4. The Hall–Kier alpha value is -1.70. The Morgan fingerprint density at radius 1 is 1.25 bits per heavy atom. The number of hydrogen-bond acceptors (Lipinski definition) is 6. The van der Waals surface area contributed by atoms with Gasteiger partial charge in [0.05, 0.1) is 12.6 Å². The first-order chi connectivity index (χ1) is 13.6. The van der Waals surface area contributed by atoms with E-state index in [4.69, 9.17) is 18.9 Å². The molecule has 7 heteroatoms. The van der Waals surface area contributed by atoms with E-state index < -0.39 is 5.60 Å². The van der Waals surface area contributed by atoms with E-state index >= 15 is 0 Å². The van der Waals surface area contributed by atoms with E-state index in [1.54, 1.807) is 25.3 Å². The molecule has 2 atom stereocenters. The lowest BCUT2D eigenvalue weighted by molar-refractivity contribution is -0.234. The standard InChI is InChI=1S/C21H32N2O5/c1-4-5-19-21(28-15-26-3,20(24)23(19)14-25-2)13-17-12-18(8-10-22-17)27-11-9-16-6-7-16/h8,10,12,16,19H,4-7,9,11,13-15H2,1-3H3/t19-,21+/m0/s1. The van der Waals surface area contributed by atoms with Crippen LogP contribution in [-0.2, 0) is 25.4 Å². The maximum Gasteiger partial charge on any atom is 0.259 e. The highest BCUT2D eigenvalue weighted by Crippen LogP contribution is 2.40. The highest BCUT2D eigenvalue weighted by molar-refractivity contribution is 5.93. The van der Waals surface area contributed by atoms with Crippen molar-refractivity contribution in [2.45, 2.75) is 57.1 Å². The maximum atomic E-state index is 13.0. The van der Waals surface area contributed by atoms with Crippen LogP contribution in [0.4, 0.5) is 0 Å². The number of β-lactam (4-membered cyclic amide) rings is 1. The lowest BCUT2D eigenvalue weighted by Crippen LogP contribution is -2.76. The van der Waals surface area contributed by atoms with E-state index in [0.29, 0.717) is 6.42 Å². The number of nitrogens with zero attached hydrogens (tertiary/aromatic N) is 2. The number of amides is 1. The molecular weight excluding hydrogens is 360 g/mol. The molecule has 0 N–H and O–H groups in total. The molecule has 3 rings (SSSR count). The zero-order valence-electron chi connectivity index (χ0n) is 17.2. The van der Waals surface area contributed by atoms with Gasteiger partial charge in [-0.25, -0.2) is 0 Å². The largest absolute Gasteiger partial charge is 0.493 e. The summed E-state index contributed by atoms with van der Waals surface area (Å²) in [5.74, 6) is 1.55. The highest BCUT2D eigenvalue weighted by atomic mass is 16.7. The minimum absolute atomic E-state index is 0.0599. The summed E-state index contributed by atoms with van der Waals surface area (Å²) in [6.07, 6.45) is 7.63. The topological polar surface area (TPSA) is 70.1 Å². The summed E-state index contributed by atoms with van der Waals surface area (Å²) in [5, 5.41) is 0. The van der Waals surface area contributed by atoms with Crippen molar-refractivity contribution in [1.82, 2.24) is 9.88 Å². The summed E-state index contributed by atoms with van der Waals surface area (Å²) in [4.78, 5) is 19.2. The van der Waals surface area contributed by atoms with Crippen molar-refractivity contribution >= 4 is 5.91 Å². The molecule has 28 heavy (non-hydrogen) atoms. The molecule has 1 aromatic rings. The molecule has 1 aliphatic heterocycles. The molecule has 0 spiro atoms. The van der Waals surface area contributed by atoms with Gasteiger partial charge in [0.1, 0.15) is 19.3 Å². The van der Waals surface area contributed by atoms with Crippen molar-refractivity contribution < 1.29 is 23.7 Å². The molecule has 2 aliphatic rings. The van der Waals surface area contributed by atoms with Gasteiger partial charge in [-0.1, -0.05) is 26.2 Å². The molecule has 1 aliphatic carbocycles. The van der Waals surface area contributed by atoms with Crippen LogP contribution < -0.4 is 4.74 Å². The smallest absolute Gasteiger partial charge is 0.259 e. The summed E-state index contributed by atoms with van der Waals surface area (Å²) >= 11 is 0. The van der Waals surface area contributed by atoms with Crippen molar-refractivity contribution in [2.24, 2.45) is 5.92 Å². The van der Waals surface area contributed by atoms with Crippen molar-refractivity contribution in [3.63, 3.8) is 0 Å². The van der Waals surface area contributed by atoms with Gasteiger partial charge in [0.15, 0.2) is 5.60 Å². The third-order valence-corrected chi connectivity index (χ3v) is 5.53. The van der Waals surface area contributed by atoms with Gasteiger partial charge in [0.25, 0.3) is 5.91 Å². The fraction of sp³-hybridized carbons (Fsp3) is 0.714. The molecule has 0 unspecified atom stereocenters. The van der Waals surface area contributed by atoms with Gasteiger partial charge < -0.3 is 23.8 Å². The minimum Gasteiger partial charge on any atom is -0.493 e. The van der Waals surface area contributed by atoms with E-state index in [1.807, 2.05) is 12.1 Å². The van der Waals surface area contributed by atoms with E-state index in [-0.39, 0.29) is 25.5 Å². The number of rotatable bonds is 13. The van der Waals surface area contributed by atoms with Crippen molar-refractivity contribution in [2.75, 3.05) is 34.4 Å². The van der Waals surface area contributed by atoms with Crippen LogP contribution in [0.15, 0.2) is 18.3 Å². The predicted molar refractivity (Wildman–Crippen MR) is 104 cm³/mol. The molecule has 7 nitrogen and oxygen atoms in total. The fourth-order valence-corrected chi connectivity index (χ4v) is 3.89.